The second-order valence-corrected chi connectivity index (χ2v) is 8.55. The van der Waals surface area contributed by atoms with Crippen LogP contribution in [-0.4, -0.2) is 55.3 Å². The van der Waals surface area contributed by atoms with E-state index >= 15 is 0 Å². The molecule has 2 aliphatic rings. The first kappa shape index (κ1) is 22.2. The van der Waals surface area contributed by atoms with E-state index in [-0.39, 0.29) is 12.1 Å². The number of esters is 1. The Hall–Kier alpha value is -2.08. The van der Waals surface area contributed by atoms with Crippen LogP contribution >= 0.6 is 0 Å². The number of ether oxygens (including phenoxy) is 2. The van der Waals surface area contributed by atoms with Gasteiger partial charge >= 0.3 is 12.1 Å². The van der Waals surface area contributed by atoms with Crippen LogP contribution < -0.4 is 5.32 Å². The molecule has 1 aromatic rings. The summed E-state index contributed by atoms with van der Waals surface area (Å²) in [5.74, 6) is -0.176. The van der Waals surface area contributed by atoms with Crippen molar-refractivity contribution in [3.63, 3.8) is 0 Å². The molecule has 6 heteroatoms. The molecule has 1 amide bonds. The van der Waals surface area contributed by atoms with Gasteiger partial charge in [-0.3, -0.25) is 4.79 Å². The normalized spacial score (nSPS) is 18.5. The minimum atomic E-state index is -0.518. The smallest absolute Gasteiger partial charge is 0.410 e. The highest BCUT2D eigenvalue weighted by atomic mass is 16.6. The maximum atomic E-state index is 12.2. The first-order chi connectivity index (χ1) is 13.3. The molecule has 0 aromatic heterocycles. The van der Waals surface area contributed by atoms with Crippen LogP contribution in [0.1, 0.15) is 46.5 Å². The van der Waals surface area contributed by atoms with Gasteiger partial charge in [-0.25, -0.2) is 4.79 Å². The van der Waals surface area contributed by atoms with Gasteiger partial charge in [0.05, 0.1) is 12.5 Å². The summed E-state index contributed by atoms with van der Waals surface area (Å²) in [4.78, 5) is 26.0. The lowest BCUT2D eigenvalue weighted by Gasteiger charge is -2.40. The summed E-state index contributed by atoms with van der Waals surface area (Å²) in [5.41, 5.74) is -1.02. The molecular weight excluding hydrogens is 356 g/mol. The molecule has 0 spiro atoms. The van der Waals surface area contributed by atoms with Gasteiger partial charge in [-0.05, 0) is 46.5 Å². The zero-order valence-corrected chi connectivity index (χ0v) is 17.6. The Morgan fingerprint density at radius 3 is 1.93 bits per heavy atom. The molecule has 1 heterocycles. The monoisotopic (exact) mass is 390 g/mol. The second-order valence-electron chi connectivity index (χ2n) is 8.55. The number of amides is 1. The van der Waals surface area contributed by atoms with Crippen LogP contribution in [0.2, 0.25) is 0 Å². The third kappa shape index (κ3) is 7.15. The van der Waals surface area contributed by atoms with E-state index in [0.29, 0.717) is 38.5 Å². The summed E-state index contributed by atoms with van der Waals surface area (Å²) in [6, 6.07) is 12.5. The van der Waals surface area contributed by atoms with Crippen molar-refractivity contribution in [3.8, 4) is 0 Å². The molecule has 0 radical (unpaired) electrons. The fourth-order valence-electron chi connectivity index (χ4n) is 3.13. The number of carbonyl (C=O) groups excluding carboxylic acids is 2. The van der Waals surface area contributed by atoms with Gasteiger partial charge in [-0.1, -0.05) is 36.4 Å². The number of benzene rings is 1. The molecule has 1 aliphatic carbocycles. The van der Waals surface area contributed by atoms with Crippen molar-refractivity contribution in [3.05, 3.63) is 36.4 Å². The number of piperidine rings is 1. The van der Waals surface area contributed by atoms with Gasteiger partial charge in [0.2, 0.25) is 0 Å². The van der Waals surface area contributed by atoms with Crippen LogP contribution in [0.4, 0.5) is 4.79 Å². The number of hydrogen-bond acceptors (Lipinski definition) is 5. The van der Waals surface area contributed by atoms with E-state index in [9.17, 15) is 9.59 Å². The number of nitrogens with one attached hydrogen (secondary N) is 1. The molecule has 2 fully saturated rings. The van der Waals surface area contributed by atoms with Crippen LogP contribution in [0.3, 0.4) is 0 Å². The van der Waals surface area contributed by atoms with Crippen LogP contribution in [0, 0.1) is 5.41 Å². The summed E-state index contributed by atoms with van der Waals surface area (Å²) in [6.45, 7) is 7.24. The van der Waals surface area contributed by atoms with Gasteiger partial charge < -0.3 is 19.7 Å². The first-order valence-electron chi connectivity index (χ1n) is 10.1. The molecule has 0 unspecified atom stereocenters. The van der Waals surface area contributed by atoms with E-state index in [0.717, 1.165) is 0 Å². The minimum absolute atomic E-state index is 0.176. The molecule has 0 bridgehead atoms. The van der Waals surface area contributed by atoms with Crippen molar-refractivity contribution in [2.24, 2.45) is 5.41 Å². The van der Waals surface area contributed by atoms with Crippen LogP contribution in [-0.2, 0) is 14.3 Å². The van der Waals surface area contributed by atoms with E-state index in [1.807, 2.05) is 57.2 Å². The number of rotatable bonds is 4. The highest BCUT2D eigenvalue weighted by molar-refractivity contribution is 5.78. The van der Waals surface area contributed by atoms with Gasteiger partial charge in [-0.15, -0.1) is 0 Å². The summed E-state index contributed by atoms with van der Waals surface area (Å²) in [5, 5.41) is 3.43. The average molecular weight is 391 g/mol. The molecular formula is C22H34N2O4. The van der Waals surface area contributed by atoms with E-state index < -0.39 is 11.0 Å². The van der Waals surface area contributed by atoms with Gasteiger partial charge in [0.15, 0.2) is 0 Å². The van der Waals surface area contributed by atoms with E-state index in [4.69, 9.17) is 9.47 Å². The summed E-state index contributed by atoms with van der Waals surface area (Å²) >= 11 is 0. The minimum Gasteiger partial charge on any atom is -0.469 e. The summed E-state index contributed by atoms with van der Waals surface area (Å²) in [6.07, 6.45) is 3.28. The molecule has 156 valence electrons. The van der Waals surface area contributed by atoms with Crippen molar-refractivity contribution in [1.82, 2.24) is 10.2 Å². The van der Waals surface area contributed by atoms with E-state index in [1.165, 1.54) is 20.0 Å². The molecule has 1 aromatic carbocycles. The molecule has 1 aliphatic heterocycles. The van der Waals surface area contributed by atoms with Crippen molar-refractivity contribution < 1.29 is 19.1 Å². The quantitative estimate of drug-likeness (QED) is 0.796. The zero-order valence-electron chi connectivity index (χ0n) is 17.6. The fourth-order valence-corrected chi connectivity index (χ4v) is 3.13. The van der Waals surface area contributed by atoms with Gasteiger partial charge in [0.1, 0.15) is 5.60 Å². The fraction of sp³-hybridized carbons (Fsp3) is 0.636. The molecule has 1 saturated heterocycles. The molecule has 28 heavy (non-hydrogen) atoms. The highest BCUT2D eigenvalue weighted by Crippen LogP contribution is 2.34. The van der Waals surface area contributed by atoms with E-state index in [2.05, 4.69) is 5.32 Å². The van der Waals surface area contributed by atoms with Crippen molar-refractivity contribution >= 4 is 12.1 Å². The van der Waals surface area contributed by atoms with Gasteiger partial charge in [0.25, 0.3) is 0 Å². The number of nitrogens with zero attached hydrogens (tertiary/aromatic N) is 1. The SMILES string of the molecule is COC(=O)C1(CNC2CC2)CCN(C(=O)OC(C)(C)C)CC1.c1ccccc1. The summed E-state index contributed by atoms with van der Waals surface area (Å²) < 4.78 is 10.4. The number of methoxy groups -OCH3 is 1. The highest BCUT2D eigenvalue weighted by Gasteiger charge is 2.44. The Balaban J connectivity index is 0.000000397. The lowest BCUT2D eigenvalue weighted by molar-refractivity contribution is -0.155. The van der Waals surface area contributed by atoms with Crippen LogP contribution in [0.15, 0.2) is 36.4 Å². The third-order valence-electron chi connectivity index (χ3n) is 4.96. The van der Waals surface area contributed by atoms with Crippen molar-refractivity contribution in [2.75, 3.05) is 26.7 Å². The number of hydrogen-bond donors (Lipinski definition) is 1. The molecule has 3 rings (SSSR count). The zero-order chi connectivity index (χ0) is 20.6. The number of likely N-dealkylation sites (tertiary alicyclic amines) is 1. The Bertz CT molecular complexity index is 588. The lowest BCUT2D eigenvalue weighted by atomic mass is 9.78. The maximum absolute atomic E-state index is 12.2. The van der Waals surface area contributed by atoms with Gasteiger partial charge in [0, 0.05) is 25.7 Å². The predicted octanol–water partition coefficient (Wildman–Crippen LogP) is 3.62. The van der Waals surface area contributed by atoms with Crippen LogP contribution in [0.25, 0.3) is 0 Å². The molecule has 1 saturated carbocycles. The predicted molar refractivity (Wildman–Crippen MR) is 109 cm³/mol. The first-order valence-corrected chi connectivity index (χ1v) is 10.1. The van der Waals surface area contributed by atoms with Crippen molar-refractivity contribution in [2.45, 2.75) is 58.1 Å². The second kappa shape index (κ2) is 9.92. The summed E-state index contributed by atoms with van der Waals surface area (Å²) in [7, 11) is 1.43. The topological polar surface area (TPSA) is 67.9 Å². The number of carbonyl (C=O) groups is 2. The van der Waals surface area contributed by atoms with E-state index in [1.54, 1.807) is 4.90 Å². The van der Waals surface area contributed by atoms with Gasteiger partial charge in [-0.2, -0.15) is 0 Å². The standard InChI is InChI=1S/C16H28N2O4.C6H6/c1-15(2,3)22-14(20)18-9-7-16(8-10-18,13(19)21-4)11-17-12-5-6-12;1-2-4-6-5-3-1/h12,17H,5-11H2,1-4H3;1-6H. The molecule has 0 atom stereocenters. The Morgan fingerprint density at radius 2 is 1.54 bits per heavy atom. The third-order valence-corrected chi connectivity index (χ3v) is 4.96. The van der Waals surface area contributed by atoms with Crippen LogP contribution in [0.5, 0.6) is 0 Å². The largest absolute Gasteiger partial charge is 0.469 e. The Morgan fingerprint density at radius 1 is 1.04 bits per heavy atom. The molecule has 1 N–H and O–H groups in total. The molecule has 6 nitrogen and oxygen atoms in total. The lowest BCUT2D eigenvalue weighted by Crippen LogP contribution is -2.52. The Kier molecular flexibility index (Phi) is 7.87. The van der Waals surface area contributed by atoms with Crippen molar-refractivity contribution in [1.29, 1.82) is 0 Å². The Labute approximate surface area is 168 Å². The maximum Gasteiger partial charge on any atom is 0.410 e. The average Bonchev–Trinajstić information content (AvgIpc) is 3.51.